The first kappa shape index (κ1) is 13.0. The summed E-state index contributed by atoms with van der Waals surface area (Å²) in [6.07, 6.45) is 2.45. The van der Waals surface area contributed by atoms with E-state index in [1.807, 2.05) is 11.8 Å². The van der Waals surface area contributed by atoms with E-state index in [1.54, 1.807) is 6.07 Å². The summed E-state index contributed by atoms with van der Waals surface area (Å²) in [6, 6.07) is 3.05. The van der Waals surface area contributed by atoms with Crippen molar-refractivity contribution in [1.29, 1.82) is 0 Å². The van der Waals surface area contributed by atoms with Crippen molar-refractivity contribution in [2.45, 2.75) is 24.5 Å². The normalized spacial score (nSPS) is 23.9. The fourth-order valence-electron chi connectivity index (χ4n) is 1.97. The van der Waals surface area contributed by atoms with E-state index in [0.29, 0.717) is 15.8 Å². The lowest BCUT2D eigenvalue weighted by atomic mass is 10.1. The molecule has 0 spiro atoms. The molecule has 17 heavy (non-hydrogen) atoms. The minimum absolute atomic E-state index is 0.246. The van der Waals surface area contributed by atoms with Gasteiger partial charge >= 0.3 is 0 Å². The number of rotatable bonds is 3. The van der Waals surface area contributed by atoms with Gasteiger partial charge in [0.2, 0.25) is 0 Å². The van der Waals surface area contributed by atoms with Gasteiger partial charge in [-0.3, -0.25) is 0 Å². The standard InChI is InChI=1S/C12H16BrFN2S/c1-12(3-2-4-17-12)7-16-11-6-9(14)8(13)5-10(11)15/h5-6,16H,2-4,7,15H2,1H3. The van der Waals surface area contributed by atoms with E-state index in [2.05, 4.69) is 28.2 Å². The number of benzene rings is 1. The molecule has 1 aromatic rings. The van der Waals surface area contributed by atoms with E-state index in [-0.39, 0.29) is 10.6 Å². The Labute approximate surface area is 114 Å². The molecule has 1 unspecified atom stereocenters. The summed E-state index contributed by atoms with van der Waals surface area (Å²) in [7, 11) is 0. The number of nitrogen functional groups attached to an aromatic ring is 1. The molecule has 2 nitrogen and oxygen atoms in total. The molecule has 0 amide bonds. The van der Waals surface area contributed by atoms with Gasteiger partial charge < -0.3 is 11.1 Å². The van der Waals surface area contributed by atoms with Gasteiger partial charge in [-0.15, -0.1) is 0 Å². The fraction of sp³-hybridized carbons (Fsp3) is 0.500. The van der Waals surface area contributed by atoms with Crippen LogP contribution in [0.1, 0.15) is 19.8 Å². The first-order valence-electron chi connectivity index (χ1n) is 5.62. The van der Waals surface area contributed by atoms with Crippen molar-refractivity contribution in [2.24, 2.45) is 0 Å². The van der Waals surface area contributed by atoms with Crippen molar-refractivity contribution in [3.05, 3.63) is 22.4 Å². The Balaban J connectivity index is 2.06. The molecular formula is C12H16BrFN2S. The smallest absolute Gasteiger partial charge is 0.139 e. The molecule has 1 aromatic carbocycles. The molecule has 0 saturated carbocycles. The van der Waals surface area contributed by atoms with Gasteiger partial charge in [0.25, 0.3) is 0 Å². The molecule has 5 heteroatoms. The second kappa shape index (κ2) is 5.06. The topological polar surface area (TPSA) is 38.0 Å². The van der Waals surface area contributed by atoms with Crippen LogP contribution in [0.4, 0.5) is 15.8 Å². The average Bonchev–Trinajstić information content (AvgIpc) is 2.69. The summed E-state index contributed by atoms with van der Waals surface area (Å²) in [6.45, 7) is 3.06. The zero-order valence-corrected chi connectivity index (χ0v) is 12.1. The molecular weight excluding hydrogens is 303 g/mol. The molecule has 1 atom stereocenters. The van der Waals surface area contributed by atoms with Gasteiger partial charge in [0.15, 0.2) is 0 Å². The van der Waals surface area contributed by atoms with Crippen LogP contribution in [0.3, 0.4) is 0 Å². The molecule has 2 rings (SSSR count). The third-order valence-corrected chi connectivity index (χ3v) is 5.19. The fourth-order valence-corrected chi connectivity index (χ4v) is 3.58. The molecule has 0 aliphatic carbocycles. The highest BCUT2D eigenvalue weighted by Crippen LogP contribution is 2.38. The SMILES string of the molecule is CC1(CNc2cc(F)c(Br)cc2N)CCCS1. The molecule has 1 aliphatic heterocycles. The summed E-state index contributed by atoms with van der Waals surface area (Å²) < 4.78 is 14.1. The van der Waals surface area contributed by atoms with Crippen LogP contribution in [0.5, 0.6) is 0 Å². The van der Waals surface area contributed by atoms with Crippen molar-refractivity contribution in [2.75, 3.05) is 23.3 Å². The molecule has 0 aromatic heterocycles. The number of thioether (sulfide) groups is 1. The first-order valence-corrected chi connectivity index (χ1v) is 7.40. The van der Waals surface area contributed by atoms with E-state index in [9.17, 15) is 4.39 Å². The molecule has 1 saturated heterocycles. The Kier molecular flexibility index (Phi) is 3.88. The van der Waals surface area contributed by atoms with Gasteiger partial charge in [-0.1, -0.05) is 0 Å². The van der Waals surface area contributed by atoms with E-state index in [4.69, 9.17) is 5.73 Å². The van der Waals surface area contributed by atoms with Crippen LogP contribution in [0.25, 0.3) is 0 Å². The van der Waals surface area contributed by atoms with Crippen molar-refractivity contribution in [3.63, 3.8) is 0 Å². The molecule has 1 aliphatic rings. The van der Waals surface area contributed by atoms with Crippen LogP contribution in [0, 0.1) is 5.82 Å². The highest BCUT2D eigenvalue weighted by Gasteiger charge is 2.29. The van der Waals surface area contributed by atoms with Crippen molar-refractivity contribution >= 4 is 39.1 Å². The lowest BCUT2D eigenvalue weighted by Gasteiger charge is -2.24. The maximum Gasteiger partial charge on any atom is 0.139 e. The minimum Gasteiger partial charge on any atom is -0.397 e. The predicted molar refractivity (Wildman–Crippen MR) is 77.1 cm³/mol. The third kappa shape index (κ3) is 3.07. The van der Waals surface area contributed by atoms with Crippen LogP contribution in [-0.4, -0.2) is 17.0 Å². The highest BCUT2D eigenvalue weighted by atomic mass is 79.9. The zero-order chi connectivity index (χ0) is 12.5. The van der Waals surface area contributed by atoms with E-state index >= 15 is 0 Å². The first-order chi connectivity index (χ1) is 8.00. The summed E-state index contributed by atoms with van der Waals surface area (Å²) >= 11 is 5.09. The van der Waals surface area contributed by atoms with Gasteiger partial charge in [0, 0.05) is 17.4 Å². The molecule has 0 bridgehead atoms. The van der Waals surface area contributed by atoms with Gasteiger partial charge in [-0.2, -0.15) is 11.8 Å². The quantitative estimate of drug-likeness (QED) is 0.831. The zero-order valence-electron chi connectivity index (χ0n) is 9.72. The van der Waals surface area contributed by atoms with Crippen LogP contribution in [0.15, 0.2) is 16.6 Å². The lowest BCUT2D eigenvalue weighted by Crippen LogP contribution is -2.27. The number of nitrogens with two attached hydrogens (primary N) is 1. The van der Waals surface area contributed by atoms with Crippen molar-refractivity contribution < 1.29 is 4.39 Å². The molecule has 94 valence electrons. The van der Waals surface area contributed by atoms with Gasteiger partial charge in [0.05, 0.1) is 15.8 Å². The number of hydrogen-bond acceptors (Lipinski definition) is 3. The Bertz CT molecular complexity index is 419. The maximum atomic E-state index is 13.4. The summed E-state index contributed by atoms with van der Waals surface area (Å²) in [4.78, 5) is 0. The molecule has 1 heterocycles. The highest BCUT2D eigenvalue weighted by molar-refractivity contribution is 9.10. The second-order valence-corrected chi connectivity index (χ2v) is 7.15. The number of halogens is 2. The number of anilines is 2. The third-order valence-electron chi connectivity index (χ3n) is 3.05. The number of nitrogens with one attached hydrogen (secondary N) is 1. The Morgan fingerprint density at radius 1 is 1.59 bits per heavy atom. The van der Waals surface area contributed by atoms with Crippen molar-refractivity contribution in [1.82, 2.24) is 0 Å². The molecule has 1 fully saturated rings. The minimum atomic E-state index is -0.286. The van der Waals surface area contributed by atoms with Crippen LogP contribution >= 0.6 is 27.7 Å². The number of hydrogen-bond donors (Lipinski definition) is 2. The van der Waals surface area contributed by atoms with Crippen LogP contribution in [0.2, 0.25) is 0 Å². The Morgan fingerprint density at radius 3 is 3.00 bits per heavy atom. The van der Waals surface area contributed by atoms with E-state index < -0.39 is 0 Å². The van der Waals surface area contributed by atoms with Gasteiger partial charge in [0.1, 0.15) is 5.82 Å². The van der Waals surface area contributed by atoms with Crippen molar-refractivity contribution in [3.8, 4) is 0 Å². The Morgan fingerprint density at radius 2 is 2.35 bits per heavy atom. The molecule has 0 radical (unpaired) electrons. The second-order valence-electron chi connectivity index (χ2n) is 4.61. The maximum absolute atomic E-state index is 13.4. The monoisotopic (exact) mass is 318 g/mol. The summed E-state index contributed by atoms with van der Waals surface area (Å²) in [5, 5.41) is 3.26. The summed E-state index contributed by atoms with van der Waals surface area (Å²) in [5.74, 6) is 0.924. The molecule has 3 N–H and O–H groups in total. The lowest BCUT2D eigenvalue weighted by molar-refractivity contribution is 0.619. The largest absolute Gasteiger partial charge is 0.397 e. The van der Waals surface area contributed by atoms with Crippen LogP contribution < -0.4 is 11.1 Å². The van der Waals surface area contributed by atoms with Crippen LogP contribution in [-0.2, 0) is 0 Å². The van der Waals surface area contributed by atoms with Gasteiger partial charge in [-0.25, -0.2) is 4.39 Å². The Hall–Kier alpha value is -0.420. The van der Waals surface area contributed by atoms with E-state index in [0.717, 1.165) is 6.54 Å². The van der Waals surface area contributed by atoms with Gasteiger partial charge in [-0.05, 0) is 47.5 Å². The summed E-state index contributed by atoms with van der Waals surface area (Å²) in [5.41, 5.74) is 7.11. The predicted octanol–water partition coefficient (Wildman–Crippen LogP) is 3.87. The average molecular weight is 319 g/mol. The van der Waals surface area contributed by atoms with E-state index in [1.165, 1.54) is 24.7 Å².